The Morgan fingerprint density at radius 2 is 1.79 bits per heavy atom. The molecule has 2 heterocycles. The lowest BCUT2D eigenvalue weighted by atomic mass is 10.1. The molecular formula is C26H22N4O3S. The highest BCUT2D eigenvalue weighted by atomic mass is 32.2. The van der Waals surface area contributed by atoms with Crippen LogP contribution in [0.1, 0.15) is 22.8 Å². The molecule has 34 heavy (non-hydrogen) atoms. The van der Waals surface area contributed by atoms with E-state index >= 15 is 0 Å². The Morgan fingerprint density at radius 3 is 2.62 bits per heavy atom. The van der Waals surface area contributed by atoms with Crippen LogP contribution in [0.5, 0.6) is 5.75 Å². The summed E-state index contributed by atoms with van der Waals surface area (Å²) in [5.74, 6) is 2.06. The predicted molar refractivity (Wildman–Crippen MR) is 132 cm³/mol. The summed E-state index contributed by atoms with van der Waals surface area (Å²) in [5.41, 5.74) is 3.23. The average molecular weight is 471 g/mol. The van der Waals surface area contributed by atoms with E-state index in [0.29, 0.717) is 51.4 Å². The number of thioether (sulfide) groups is 1. The van der Waals surface area contributed by atoms with Gasteiger partial charge >= 0.3 is 0 Å². The highest BCUT2D eigenvalue weighted by molar-refractivity contribution is 7.98. The number of ether oxygens (including phenoxy) is 1. The first-order valence-electron chi connectivity index (χ1n) is 10.8. The molecule has 0 radical (unpaired) electrons. The van der Waals surface area contributed by atoms with E-state index in [1.807, 2.05) is 73.7 Å². The van der Waals surface area contributed by atoms with Crippen molar-refractivity contribution in [2.75, 3.05) is 7.11 Å². The molecule has 0 fully saturated rings. The summed E-state index contributed by atoms with van der Waals surface area (Å²) in [6.45, 7) is 1.97. The van der Waals surface area contributed by atoms with Crippen LogP contribution in [0.2, 0.25) is 0 Å². The summed E-state index contributed by atoms with van der Waals surface area (Å²) in [5, 5.41) is 5.17. The average Bonchev–Trinajstić information content (AvgIpc) is 3.30. The zero-order valence-electron chi connectivity index (χ0n) is 18.8. The van der Waals surface area contributed by atoms with Gasteiger partial charge in [-0.05, 0) is 42.3 Å². The van der Waals surface area contributed by atoms with Gasteiger partial charge in [0, 0.05) is 6.42 Å². The lowest BCUT2D eigenvalue weighted by molar-refractivity contribution is 0.385. The number of aryl methyl sites for hydroxylation is 1. The van der Waals surface area contributed by atoms with Crippen molar-refractivity contribution in [1.82, 2.24) is 19.7 Å². The largest absolute Gasteiger partial charge is 0.495 e. The molecule has 3 aromatic carbocycles. The molecule has 0 aliphatic carbocycles. The number of fused-ring (bicyclic) bond motifs is 1. The number of aromatic nitrogens is 4. The molecular weight excluding hydrogens is 448 g/mol. The Kier molecular flexibility index (Phi) is 6.14. The molecule has 5 rings (SSSR count). The normalized spacial score (nSPS) is 11.1. The van der Waals surface area contributed by atoms with Gasteiger partial charge in [-0.2, -0.15) is 4.98 Å². The van der Waals surface area contributed by atoms with E-state index in [4.69, 9.17) is 14.2 Å². The van der Waals surface area contributed by atoms with Crippen LogP contribution in [0.15, 0.2) is 87.3 Å². The van der Waals surface area contributed by atoms with E-state index in [2.05, 4.69) is 10.1 Å². The highest BCUT2D eigenvalue weighted by Gasteiger charge is 2.18. The molecule has 5 aromatic rings. The molecule has 2 aromatic heterocycles. The zero-order valence-corrected chi connectivity index (χ0v) is 19.6. The van der Waals surface area contributed by atoms with Crippen LogP contribution in [-0.2, 0) is 12.2 Å². The number of hydrogen-bond acceptors (Lipinski definition) is 7. The van der Waals surface area contributed by atoms with Crippen molar-refractivity contribution in [1.29, 1.82) is 0 Å². The van der Waals surface area contributed by atoms with Gasteiger partial charge in [-0.3, -0.25) is 9.36 Å². The summed E-state index contributed by atoms with van der Waals surface area (Å²) in [6, 6.07) is 23.0. The number of methoxy groups -OCH3 is 1. The molecule has 0 aliphatic rings. The minimum atomic E-state index is -0.160. The molecule has 0 unspecified atom stereocenters. The van der Waals surface area contributed by atoms with E-state index in [1.165, 1.54) is 11.8 Å². The Bertz CT molecular complexity index is 1510. The Balaban J connectivity index is 1.51. The first-order chi connectivity index (χ1) is 16.6. The molecule has 0 bridgehead atoms. The lowest BCUT2D eigenvalue weighted by Gasteiger charge is -2.16. The van der Waals surface area contributed by atoms with Crippen LogP contribution in [0.4, 0.5) is 0 Å². The molecule has 0 saturated heterocycles. The maximum atomic E-state index is 13.6. The standard InChI is InChI=1S/C26H22N4O3S/c1-17-12-13-22(32-2)21(14-17)30-25(31)19-10-6-7-11-20(19)27-26(30)34-16-24-28-23(29-33-24)15-18-8-4-3-5-9-18/h3-14H,15-16H2,1-2H3. The van der Waals surface area contributed by atoms with Gasteiger partial charge in [0.15, 0.2) is 11.0 Å². The monoisotopic (exact) mass is 470 g/mol. The van der Waals surface area contributed by atoms with E-state index in [1.54, 1.807) is 17.7 Å². The van der Waals surface area contributed by atoms with Crippen molar-refractivity contribution < 1.29 is 9.26 Å². The summed E-state index contributed by atoms with van der Waals surface area (Å²) in [6.07, 6.45) is 0.592. The fourth-order valence-corrected chi connectivity index (χ4v) is 4.56. The summed E-state index contributed by atoms with van der Waals surface area (Å²) < 4.78 is 12.6. The Hall–Kier alpha value is -3.91. The van der Waals surface area contributed by atoms with Crippen LogP contribution in [0, 0.1) is 6.92 Å². The number of nitrogens with zero attached hydrogens (tertiary/aromatic N) is 4. The topological polar surface area (TPSA) is 83.0 Å². The van der Waals surface area contributed by atoms with Crippen molar-refractivity contribution in [2.24, 2.45) is 0 Å². The number of rotatable bonds is 7. The van der Waals surface area contributed by atoms with Gasteiger partial charge in [0.25, 0.3) is 5.56 Å². The van der Waals surface area contributed by atoms with Gasteiger partial charge in [0.05, 0.1) is 29.5 Å². The van der Waals surface area contributed by atoms with Crippen molar-refractivity contribution in [3.05, 3.63) is 106 Å². The van der Waals surface area contributed by atoms with Crippen molar-refractivity contribution in [3.63, 3.8) is 0 Å². The minimum Gasteiger partial charge on any atom is -0.495 e. The summed E-state index contributed by atoms with van der Waals surface area (Å²) >= 11 is 1.37. The third kappa shape index (κ3) is 4.45. The Labute approximate surface area is 200 Å². The van der Waals surface area contributed by atoms with Crippen LogP contribution >= 0.6 is 11.8 Å². The second kappa shape index (κ2) is 9.52. The number of benzene rings is 3. The molecule has 0 N–H and O–H groups in total. The zero-order chi connectivity index (χ0) is 23.5. The summed E-state index contributed by atoms with van der Waals surface area (Å²) in [4.78, 5) is 22.9. The first-order valence-corrected chi connectivity index (χ1v) is 11.8. The maximum absolute atomic E-state index is 13.6. The van der Waals surface area contributed by atoms with Crippen molar-refractivity contribution in [2.45, 2.75) is 24.3 Å². The van der Waals surface area contributed by atoms with Gasteiger partial charge in [-0.25, -0.2) is 4.98 Å². The number of hydrogen-bond donors (Lipinski definition) is 0. The third-order valence-corrected chi connectivity index (χ3v) is 6.28. The SMILES string of the molecule is COc1ccc(C)cc1-n1c(SCc2nc(Cc3ccccc3)no2)nc2ccccc2c1=O. The Morgan fingerprint density at radius 1 is 1.00 bits per heavy atom. The second-order valence-electron chi connectivity index (χ2n) is 7.78. The van der Waals surface area contributed by atoms with Gasteiger partial charge in [0.2, 0.25) is 5.89 Å². The maximum Gasteiger partial charge on any atom is 0.266 e. The molecule has 7 nitrogen and oxygen atoms in total. The molecule has 0 atom stereocenters. The number of para-hydroxylation sites is 1. The van der Waals surface area contributed by atoms with E-state index in [-0.39, 0.29) is 5.56 Å². The van der Waals surface area contributed by atoms with Crippen molar-refractivity contribution in [3.8, 4) is 11.4 Å². The molecule has 0 amide bonds. The molecule has 0 saturated carbocycles. The fourth-order valence-electron chi connectivity index (χ4n) is 3.72. The van der Waals surface area contributed by atoms with Crippen LogP contribution in [0.3, 0.4) is 0 Å². The smallest absolute Gasteiger partial charge is 0.266 e. The quantitative estimate of drug-likeness (QED) is 0.245. The van der Waals surface area contributed by atoms with E-state index < -0.39 is 0 Å². The van der Waals surface area contributed by atoms with Crippen LogP contribution in [-0.4, -0.2) is 26.8 Å². The van der Waals surface area contributed by atoms with Gasteiger partial charge in [-0.15, -0.1) is 0 Å². The van der Waals surface area contributed by atoms with Gasteiger partial charge < -0.3 is 9.26 Å². The van der Waals surface area contributed by atoms with Gasteiger partial charge in [-0.1, -0.05) is 65.4 Å². The highest BCUT2D eigenvalue weighted by Crippen LogP contribution is 2.29. The second-order valence-corrected chi connectivity index (χ2v) is 8.73. The van der Waals surface area contributed by atoms with Crippen LogP contribution < -0.4 is 10.3 Å². The van der Waals surface area contributed by atoms with Gasteiger partial charge in [0.1, 0.15) is 5.75 Å². The third-order valence-electron chi connectivity index (χ3n) is 5.36. The van der Waals surface area contributed by atoms with Crippen molar-refractivity contribution >= 4 is 22.7 Å². The lowest BCUT2D eigenvalue weighted by Crippen LogP contribution is -2.22. The molecule has 0 aliphatic heterocycles. The molecule has 170 valence electrons. The minimum absolute atomic E-state index is 0.160. The van der Waals surface area contributed by atoms with E-state index in [9.17, 15) is 4.79 Å². The first kappa shape index (κ1) is 21.9. The molecule has 0 spiro atoms. The van der Waals surface area contributed by atoms with Crippen LogP contribution in [0.25, 0.3) is 16.6 Å². The summed E-state index contributed by atoms with van der Waals surface area (Å²) in [7, 11) is 1.59. The molecule has 8 heteroatoms. The predicted octanol–water partition coefficient (Wildman–Crippen LogP) is 4.97. The van der Waals surface area contributed by atoms with E-state index in [0.717, 1.165) is 11.1 Å². The fraction of sp³-hybridized carbons (Fsp3) is 0.154.